The molecule has 1 aliphatic rings. The standard InChI is InChI=1S/C16H11ClO3/c1-9-6-11(18)8-13-15(9)16(19)14(20-13)7-10-4-2-3-5-12(10)17/h2-8,18H,1H3/b14-7-. The lowest BCUT2D eigenvalue weighted by atomic mass is 10.0. The van der Waals surface area contributed by atoms with Crippen molar-refractivity contribution in [1.82, 2.24) is 0 Å². The van der Waals surface area contributed by atoms with Crippen LogP contribution in [-0.2, 0) is 0 Å². The van der Waals surface area contributed by atoms with Gasteiger partial charge in [-0.3, -0.25) is 4.79 Å². The summed E-state index contributed by atoms with van der Waals surface area (Å²) in [4.78, 5) is 12.3. The molecule has 1 heterocycles. The van der Waals surface area contributed by atoms with Crippen LogP contribution in [0.3, 0.4) is 0 Å². The number of aryl methyl sites for hydroxylation is 1. The summed E-state index contributed by atoms with van der Waals surface area (Å²) in [5, 5.41) is 10.1. The van der Waals surface area contributed by atoms with E-state index >= 15 is 0 Å². The number of benzene rings is 2. The van der Waals surface area contributed by atoms with Crippen LogP contribution in [-0.4, -0.2) is 10.9 Å². The third-order valence-corrected chi connectivity index (χ3v) is 3.49. The zero-order valence-electron chi connectivity index (χ0n) is 10.7. The van der Waals surface area contributed by atoms with E-state index < -0.39 is 0 Å². The number of Topliss-reactive ketones (excluding diaryl/α,β-unsaturated/α-hetero) is 1. The molecule has 0 fully saturated rings. The number of carbonyl (C=O) groups is 1. The molecule has 0 saturated carbocycles. The first-order chi connectivity index (χ1) is 9.56. The number of rotatable bonds is 1. The highest BCUT2D eigenvalue weighted by Crippen LogP contribution is 2.37. The highest BCUT2D eigenvalue weighted by atomic mass is 35.5. The van der Waals surface area contributed by atoms with Crippen LogP contribution in [0, 0.1) is 6.92 Å². The number of carbonyl (C=O) groups excluding carboxylic acids is 1. The molecule has 0 aromatic heterocycles. The summed E-state index contributed by atoms with van der Waals surface area (Å²) in [6.07, 6.45) is 1.61. The van der Waals surface area contributed by atoms with Crippen LogP contribution in [0.25, 0.3) is 6.08 Å². The third kappa shape index (κ3) is 2.06. The molecule has 0 radical (unpaired) electrons. The van der Waals surface area contributed by atoms with Crippen molar-refractivity contribution < 1.29 is 14.6 Å². The highest BCUT2D eigenvalue weighted by molar-refractivity contribution is 6.32. The summed E-state index contributed by atoms with van der Waals surface area (Å²) in [6.45, 7) is 1.76. The third-order valence-electron chi connectivity index (χ3n) is 3.15. The molecule has 0 spiro atoms. The lowest BCUT2D eigenvalue weighted by Gasteiger charge is -2.01. The topological polar surface area (TPSA) is 46.5 Å². The fourth-order valence-electron chi connectivity index (χ4n) is 2.22. The Labute approximate surface area is 121 Å². The number of fused-ring (bicyclic) bond motifs is 1. The summed E-state index contributed by atoms with van der Waals surface area (Å²) in [5.41, 5.74) is 1.89. The Bertz CT molecular complexity index is 747. The van der Waals surface area contributed by atoms with Crippen molar-refractivity contribution in [3.8, 4) is 11.5 Å². The average Bonchev–Trinajstić information content (AvgIpc) is 2.69. The van der Waals surface area contributed by atoms with Gasteiger partial charge in [-0.1, -0.05) is 29.8 Å². The van der Waals surface area contributed by atoms with E-state index in [1.54, 1.807) is 31.2 Å². The van der Waals surface area contributed by atoms with E-state index in [1.807, 2.05) is 12.1 Å². The Balaban J connectivity index is 2.07. The molecule has 0 amide bonds. The minimum atomic E-state index is -0.197. The van der Waals surface area contributed by atoms with Crippen LogP contribution < -0.4 is 4.74 Å². The molecule has 0 aliphatic carbocycles. The van der Waals surface area contributed by atoms with Gasteiger partial charge in [-0.2, -0.15) is 0 Å². The second-order valence-corrected chi connectivity index (χ2v) is 5.00. The minimum absolute atomic E-state index is 0.0769. The smallest absolute Gasteiger partial charge is 0.232 e. The van der Waals surface area contributed by atoms with Gasteiger partial charge in [-0.15, -0.1) is 0 Å². The Kier molecular flexibility index (Phi) is 2.99. The largest absolute Gasteiger partial charge is 0.508 e. The number of phenols is 1. The summed E-state index contributed by atoms with van der Waals surface area (Å²) < 4.78 is 5.53. The van der Waals surface area contributed by atoms with Gasteiger partial charge in [0.05, 0.1) is 5.56 Å². The Hall–Kier alpha value is -2.26. The van der Waals surface area contributed by atoms with Gasteiger partial charge in [0.2, 0.25) is 5.78 Å². The van der Waals surface area contributed by atoms with Crippen molar-refractivity contribution >= 4 is 23.5 Å². The van der Waals surface area contributed by atoms with Crippen LogP contribution in [0.1, 0.15) is 21.5 Å². The number of ketones is 1. The zero-order valence-corrected chi connectivity index (χ0v) is 11.4. The predicted octanol–water partition coefficient (Wildman–Crippen LogP) is 3.97. The van der Waals surface area contributed by atoms with Gasteiger partial charge < -0.3 is 9.84 Å². The van der Waals surface area contributed by atoms with Crippen molar-refractivity contribution in [1.29, 1.82) is 0 Å². The van der Waals surface area contributed by atoms with Crippen molar-refractivity contribution in [2.75, 3.05) is 0 Å². The van der Waals surface area contributed by atoms with Gasteiger partial charge in [0.15, 0.2) is 5.76 Å². The van der Waals surface area contributed by atoms with Gasteiger partial charge in [0.1, 0.15) is 11.5 Å². The van der Waals surface area contributed by atoms with Crippen molar-refractivity contribution in [3.63, 3.8) is 0 Å². The molecular formula is C16H11ClO3. The minimum Gasteiger partial charge on any atom is -0.508 e. The SMILES string of the molecule is Cc1cc(O)cc2c1C(=O)/C(=C/c1ccccc1Cl)O2. The number of phenolic OH excluding ortho intramolecular Hbond substituents is 1. The molecular weight excluding hydrogens is 276 g/mol. The van der Waals surface area contributed by atoms with E-state index in [-0.39, 0.29) is 17.3 Å². The van der Waals surface area contributed by atoms with E-state index in [0.717, 1.165) is 0 Å². The predicted molar refractivity (Wildman–Crippen MR) is 77.2 cm³/mol. The van der Waals surface area contributed by atoms with Gasteiger partial charge in [-0.05, 0) is 36.3 Å². The molecule has 1 N–H and O–H groups in total. The van der Waals surface area contributed by atoms with Crippen molar-refractivity contribution in [3.05, 3.63) is 63.9 Å². The maximum Gasteiger partial charge on any atom is 0.232 e. The van der Waals surface area contributed by atoms with Crippen LogP contribution in [0.5, 0.6) is 11.5 Å². The summed E-state index contributed by atoms with van der Waals surface area (Å²) in [6, 6.07) is 10.2. The maximum atomic E-state index is 12.3. The van der Waals surface area contributed by atoms with E-state index in [9.17, 15) is 9.90 Å². The molecule has 0 unspecified atom stereocenters. The number of hydrogen-bond acceptors (Lipinski definition) is 3. The highest BCUT2D eigenvalue weighted by Gasteiger charge is 2.29. The molecule has 2 aromatic carbocycles. The van der Waals surface area contributed by atoms with E-state index in [2.05, 4.69) is 0 Å². The second kappa shape index (κ2) is 4.69. The van der Waals surface area contributed by atoms with E-state index in [4.69, 9.17) is 16.3 Å². The van der Waals surface area contributed by atoms with Crippen LogP contribution >= 0.6 is 11.6 Å². The molecule has 0 atom stereocenters. The normalized spacial score (nSPS) is 15.3. The summed E-state index contributed by atoms with van der Waals surface area (Å²) >= 11 is 6.07. The maximum absolute atomic E-state index is 12.3. The zero-order chi connectivity index (χ0) is 14.3. The fraction of sp³-hybridized carbons (Fsp3) is 0.0625. The molecule has 2 aromatic rings. The van der Waals surface area contributed by atoms with Crippen molar-refractivity contribution in [2.24, 2.45) is 0 Å². The molecule has 20 heavy (non-hydrogen) atoms. The van der Waals surface area contributed by atoms with E-state index in [0.29, 0.717) is 27.5 Å². The first kappa shape index (κ1) is 12.8. The number of halogens is 1. The number of hydrogen-bond donors (Lipinski definition) is 1. The number of aromatic hydroxyl groups is 1. The first-order valence-electron chi connectivity index (χ1n) is 6.08. The Morgan fingerprint density at radius 2 is 2.00 bits per heavy atom. The molecule has 3 rings (SSSR count). The lowest BCUT2D eigenvalue weighted by molar-refractivity contribution is 0.101. The second-order valence-electron chi connectivity index (χ2n) is 4.60. The summed E-state index contributed by atoms with van der Waals surface area (Å²) in [5.74, 6) is 0.470. The molecule has 3 nitrogen and oxygen atoms in total. The van der Waals surface area contributed by atoms with Crippen LogP contribution in [0.15, 0.2) is 42.2 Å². The fourth-order valence-corrected chi connectivity index (χ4v) is 2.41. The molecule has 100 valence electrons. The Morgan fingerprint density at radius 3 is 2.75 bits per heavy atom. The number of ether oxygens (including phenoxy) is 1. The molecule has 0 saturated heterocycles. The molecule has 1 aliphatic heterocycles. The first-order valence-corrected chi connectivity index (χ1v) is 6.46. The lowest BCUT2D eigenvalue weighted by Crippen LogP contribution is -1.99. The van der Waals surface area contributed by atoms with Gasteiger partial charge in [0, 0.05) is 11.1 Å². The summed E-state index contributed by atoms with van der Waals surface area (Å²) in [7, 11) is 0. The quantitative estimate of drug-likeness (QED) is 0.807. The van der Waals surface area contributed by atoms with Gasteiger partial charge in [0.25, 0.3) is 0 Å². The van der Waals surface area contributed by atoms with Gasteiger partial charge in [-0.25, -0.2) is 0 Å². The van der Waals surface area contributed by atoms with Crippen molar-refractivity contribution in [2.45, 2.75) is 6.92 Å². The van der Waals surface area contributed by atoms with Crippen LogP contribution in [0.2, 0.25) is 5.02 Å². The number of allylic oxidation sites excluding steroid dienone is 1. The average molecular weight is 287 g/mol. The molecule has 0 bridgehead atoms. The van der Waals surface area contributed by atoms with Gasteiger partial charge >= 0.3 is 0 Å². The van der Waals surface area contributed by atoms with Crippen LogP contribution in [0.4, 0.5) is 0 Å². The Morgan fingerprint density at radius 1 is 1.25 bits per heavy atom. The van der Waals surface area contributed by atoms with E-state index in [1.165, 1.54) is 6.07 Å². The molecule has 4 heteroatoms. The monoisotopic (exact) mass is 286 g/mol.